The van der Waals surface area contributed by atoms with E-state index in [4.69, 9.17) is 23.8 Å². The SMILES string of the molecule is CCc1n[nH]c(=S)n1NCc1cn(Cc2ccccc2Cl)c2ccccc12. The van der Waals surface area contributed by atoms with E-state index >= 15 is 0 Å². The van der Waals surface area contributed by atoms with Crippen LogP contribution >= 0.6 is 23.8 Å². The van der Waals surface area contributed by atoms with Crippen LogP contribution in [0.25, 0.3) is 10.9 Å². The third kappa shape index (κ3) is 3.50. The molecule has 0 radical (unpaired) electrons. The zero-order valence-corrected chi connectivity index (χ0v) is 16.5. The predicted molar refractivity (Wildman–Crippen MR) is 112 cm³/mol. The number of nitrogens with one attached hydrogen (secondary N) is 2. The summed E-state index contributed by atoms with van der Waals surface area (Å²) in [6.45, 7) is 3.43. The molecule has 27 heavy (non-hydrogen) atoms. The molecule has 138 valence electrons. The summed E-state index contributed by atoms with van der Waals surface area (Å²) in [5.41, 5.74) is 6.87. The van der Waals surface area contributed by atoms with Gasteiger partial charge in [-0.05, 0) is 35.5 Å². The van der Waals surface area contributed by atoms with Gasteiger partial charge in [-0.15, -0.1) is 0 Å². The van der Waals surface area contributed by atoms with E-state index in [-0.39, 0.29) is 0 Å². The minimum atomic E-state index is 0.576. The lowest BCUT2D eigenvalue weighted by atomic mass is 10.2. The van der Waals surface area contributed by atoms with Crippen LogP contribution in [0.15, 0.2) is 54.7 Å². The molecule has 0 saturated heterocycles. The Morgan fingerprint density at radius 2 is 1.89 bits per heavy atom. The number of rotatable bonds is 6. The number of benzene rings is 2. The minimum absolute atomic E-state index is 0.576. The van der Waals surface area contributed by atoms with Gasteiger partial charge in [0.2, 0.25) is 4.77 Å². The van der Waals surface area contributed by atoms with Crippen LogP contribution in [0.2, 0.25) is 5.02 Å². The molecule has 2 aromatic heterocycles. The third-order valence-corrected chi connectivity index (χ3v) is 5.30. The monoisotopic (exact) mass is 397 g/mol. The topological polar surface area (TPSA) is 50.6 Å². The molecule has 0 saturated carbocycles. The summed E-state index contributed by atoms with van der Waals surface area (Å²) in [6.07, 6.45) is 2.98. The van der Waals surface area contributed by atoms with Gasteiger partial charge in [-0.2, -0.15) is 5.10 Å². The number of para-hydroxylation sites is 1. The highest BCUT2D eigenvalue weighted by atomic mass is 35.5. The molecule has 2 aromatic carbocycles. The average molecular weight is 398 g/mol. The van der Waals surface area contributed by atoms with E-state index in [9.17, 15) is 0 Å². The first-order valence-corrected chi connectivity index (χ1v) is 9.66. The zero-order chi connectivity index (χ0) is 18.8. The van der Waals surface area contributed by atoms with Crippen molar-refractivity contribution in [1.29, 1.82) is 0 Å². The van der Waals surface area contributed by atoms with Crippen LogP contribution in [-0.2, 0) is 19.5 Å². The summed E-state index contributed by atoms with van der Waals surface area (Å²) in [7, 11) is 0. The molecule has 0 spiro atoms. The van der Waals surface area contributed by atoms with Crippen molar-refractivity contribution in [2.75, 3.05) is 5.43 Å². The maximum Gasteiger partial charge on any atom is 0.214 e. The summed E-state index contributed by atoms with van der Waals surface area (Å²) >= 11 is 11.7. The first-order chi connectivity index (χ1) is 13.2. The van der Waals surface area contributed by atoms with E-state index < -0.39 is 0 Å². The highest BCUT2D eigenvalue weighted by Crippen LogP contribution is 2.24. The lowest BCUT2D eigenvalue weighted by Gasteiger charge is -2.08. The maximum absolute atomic E-state index is 6.36. The molecule has 0 aliphatic carbocycles. The van der Waals surface area contributed by atoms with Gasteiger partial charge in [0.05, 0.1) is 6.54 Å². The molecule has 0 atom stereocenters. The Morgan fingerprint density at radius 3 is 2.70 bits per heavy atom. The van der Waals surface area contributed by atoms with Gasteiger partial charge in [0, 0.05) is 35.1 Å². The second kappa shape index (κ2) is 7.58. The second-order valence-electron chi connectivity index (χ2n) is 6.36. The summed E-state index contributed by atoms with van der Waals surface area (Å²) in [6, 6.07) is 16.4. The Labute approximate surface area is 167 Å². The molecule has 5 nitrogen and oxygen atoms in total. The quantitative estimate of drug-likeness (QED) is 0.455. The highest BCUT2D eigenvalue weighted by Gasteiger charge is 2.11. The van der Waals surface area contributed by atoms with Crippen molar-refractivity contribution in [2.45, 2.75) is 26.4 Å². The third-order valence-electron chi connectivity index (χ3n) is 4.66. The van der Waals surface area contributed by atoms with Crippen LogP contribution in [0, 0.1) is 4.77 Å². The fourth-order valence-corrected chi connectivity index (χ4v) is 3.71. The Hall–Kier alpha value is -2.57. The molecule has 2 heterocycles. The molecule has 0 unspecified atom stereocenters. The van der Waals surface area contributed by atoms with Gasteiger partial charge in [0.15, 0.2) is 5.82 Å². The Morgan fingerprint density at radius 1 is 1.11 bits per heavy atom. The standard InChI is InChI=1S/C20H20ClN5S/c1-2-19-23-24-20(27)26(19)22-11-15-13-25(18-10-6-4-8-16(15)18)12-14-7-3-5-9-17(14)21/h3-10,13,22H,2,11-12H2,1H3,(H,24,27). The number of aryl methyl sites for hydroxylation is 1. The number of aromatic nitrogens is 4. The molecule has 0 fully saturated rings. The smallest absolute Gasteiger partial charge is 0.214 e. The largest absolute Gasteiger partial charge is 0.343 e. The van der Waals surface area contributed by atoms with Crippen molar-refractivity contribution in [3.63, 3.8) is 0 Å². The second-order valence-corrected chi connectivity index (χ2v) is 7.15. The van der Waals surface area contributed by atoms with Crippen LogP contribution in [0.3, 0.4) is 0 Å². The van der Waals surface area contributed by atoms with E-state index in [1.54, 1.807) is 0 Å². The van der Waals surface area contributed by atoms with Crippen molar-refractivity contribution in [1.82, 2.24) is 19.4 Å². The molecule has 4 aromatic rings. The van der Waals surface area contributed by atoms with E-state index in [2.05, 4.69) is 63.6 Å². The molecule has 2 N–H and O–H groups in total. The number of aromatic amines is 1. The molecule has 7 heteroatoms. The normalized spacial score (nSPS) is 11.2. The first kappa shape index (κ1) is 17.8. The molecule has 0 amide bonds. The summed E-state index contributed by atoms with van der Waals surface area (Å²) in [4.78, 5) is 0. The lowest BCUT2D eigenvalue weighted by Crippen LogP contribution is -2.17. The van der Waals surface area contributed by atoms with Crippen LogP contribution < -0.4 is 5.43 Å². The molecular formula is C20H20ClN5S. The zero-order valence-electron chi connectivity index (χ0n) is 14.9. The van der Waals surface area contributed by atoms with Gasteiger partial charge < -0.3 is 9.99 Å². The number of halogens is 1. The lowest BCUT2D eigenvalue weighted by molar-refractivity contribution is 0.760. The molecular weight excluding hydrogens is 378 g/mol. The number of hydrogen-bond donors (Lipinski definition) is 2. The van der Waals surface area contributed by atoms with Gasteiger partial charge in [-0.1, -0.05) is 54.9 Å². The van der Waals surface area contributed by atoms with Gasteiger partial charge in [0.25, 0.3) is 0 Å². The predicted octanol–water partition coefficient (Wildman–Crippen LogP) is 4.90. The molecule has 4 rings (SSSR count). The Bertz CT molecular complexity index is 1140. The Kier molecular flexibility index (Phi) is 5.01. The van der Waals surface area contributed by atoms with Crippen molar-refractivity contribution < 1.29 is 0 Å². The fraction of sp³-hybridized carbons (Fsp3) is 0.200. The van der Waals surface area contributed by atoms with Gasteiger partial charge in [0.1, 0.15) is 0 Å². The van der Waals surface area contributed by atoms with Crippen LogP contribution in [0.5, 0.6) is 0 Å². The van der Waals surface area contributed by atoms with Crippen LogP contribution in [0.4, 0.5) is 0 Å². The summed E-state index contributed by atoms with van der Waals surface area (Å²) in [5.74, 6) is 0.889. The number of nitrogens with zero attached hydrogens (tertiary/aromatic N) is 3. The van der Waals surface area contributed by atoms with Crippen molar-refractivity contribution in [3.8, 4) is 0 Å². The average Bonchev–Trinajstić information content (AvgIpc) is 3.22. The highest BCUT2D eigenvalue weighted by molar-refractivity contribution is 7.71. The van der Waals surface area contributed by atoms with Gasteiger partial charge >= 0.3 is 0 Å². The van der Waals surface area contributed by atoms with Crippen molar-refractivity contribution >= 4 is 34.7 Å². The number of hydrogen-bond acceptors (Lipinski definition) is 3. The van der Waals surface area contributed by atoms with Crippen LogP contribution in [-0.4, -0.2) is 19.4 Å². The van der Waals surface area contributed by atoms with Crippen molar-refractivity contribution in [3.05, 3.63) is 81.5 Å². The summed E-state index contributed by atoms with van der Waals surface area (Å²) in [5, 5.41) is 9.08. The van der Waals surface area contributed by atoms with Crippen molar-refractivity contribution in [2.24, 2.45) is 0 Å². The van der Waals surface area contributed by atoms with E-state index in [1.807, 2.05) is 22.9 Å². The molecule has 0 aliphatic rings. The minimum Gasteiger partial charge on any atom is -0.343 e. The van der Waals surface area contributed by atoms with Gasteiger partial charge in [-0.3, -0.25) is 5.10 Å². The van der Waals surface area contributed by atoms with E-state index in [0.717, 1.165) is 29.4 Å². The fourth-order valence-electron chi connectivity index (χ4n) is 3.30. The van der Waals surface area contributed by atoms with E-state index in [1.165, 1.54) is 16.5 Å². The summed E-state index contributed by atoms with van der Waals surface area (Å²) < 4.78 is 4.66. The van der Waals surface area contributed by atoms with Crippen LogP contribution in [0.1, 0.15) is 23.9 Å². The molecule has 0 aliphatic heterocycles. The first-order valence-electron chi connectivity index (χ1n) is 8.87. The number of H-pyrrole nitrogens is 1. The van der Waals surface area contributed by atoms with Gasteiger partial charge in [-0.25, -0.2) is 4.68 Å². The maximum atomic E-state index is 6.36. The molecule has 0 bridgehead atoms. The van der Waals surface area contributed by atoms with E-state index in [0.29, 0.717) is 11.3 Å². The Balaban J connectivity index is 1.67. The number of fused-ring (bicyclic) bond motifs is 1.